The van der Waals surface area contributed by atoms with E-state index >= 15 is 0 Å². The molecule has 0 saturated heterocycles. The molecular formula is C16H15N5S. The van der Waals surface area contributed by atoms with Gasteiger partial charge in [-0.05, 0) is 29.9 Å². The van der Waals surface area contributed by atoms with Crippen molar-refractivity contribution < 1.29 is 0 Å². The van der Waals surface area contributed by atoms with Crippen molar-refractivity contribution in [2.75, 3.05) is 0 Å². The summed E-state index contributed by atoms with van der Waals surface area (Å²) in [6.45, 7) is 0.718. The third-order valence-corrected chi connectivity index (χ3v) is 3.31. The van der Waals surface area contributed by atoms with Crippen LogP contribution >= 0.6 is 12.2 Å². The Hall–Kier alpha value is -2.73. The Labute approximate surface area is 133 Å². The van der Waals surface area contributed by atoms with Gasteiger partial charge in [-0.15, -0.1) is 0 Å². The monoisotopic (exact) mass is 309 g/mol. The predicted molar refractivity (Wildman–Crippen MR) is 92.8 cm³/mol. The second-order valence-corrected chi connectivity index (χ2v) is 5.20. The van der Waals surface area contributed by atoms with E-state index in [9.17, 15) is 0 Å². The van der Waals surface area contributed by atoms with Gasteiger partial charge < -0.3 is 10.3 Å². The van der Waals surface area contributed by atoms with Crippen LogP contribution in [0.1, 0.15) is 11.4 Å². The molecule has 3 aromatic rings. The average molecular weight is 309 g/mol. The Balaban J connectivity index is 2.01. The molecular weight excluding hydrogens is 294 g/mol. The van der Waals surface area contributed by atoms with Gasteiger partial charge in [0.15, 0.2) is 10.9 Å². The molecule has 1 aromatic heterocycles. The van der Waals surface area contributed by atoms with Gasteiger partial charge in [-0.2, -0.15) is 5.10 Å². The van der Waals surface area contributed by atoms with Crippen LogP contribution in [0, 0.1) is 0 Å². The van der Waals surface area contributed by atoms with Crippen LogP contribution in [0.3, 0.4) is 0 Å². The Morgan fingerprint density at radius 1 is 1.18 bits per heavy atom. The number of benzene rings is 2. The number of para-hydroxylation sites is 2. The molecule has 1 heterocycles. The zero-order valence-corrected chi connectivity index (χ0v) is 12.6. The first-order valence-electron chi connectivity index (χ1n) is 6.82. The zero-order chi connectivity index (χ0) is 15.4. The molecule has 0 amide bonds. The maximum atomic E-state index is 5.37. The van der Waals surface area contributed by atoms with Gasteiger partial charge in [0.05, 0.1) is 17.2 Å². The summed E-state index contributed by atoms with van der Waals surface area (Å²) in [6.07, 6.45) is 1.63. The molecule has 0 aliphatic rings. The molecule has 110 valence electrons. The lowest BCUT2D eigenvalue weighted by Gasteiger charge is -2.07. The van der Waals surface area contributed by atoms with Gasteiger partial charge in [0, 0.05) is 6.54 Å². The lowest BCUT2D eigenvalue weighted by atomic mass is 10.2. The lowest BCUT2D eigenvalue weighted by Crippen LogP contribution is -2.24. The molecule has 6 heteroatoms. The van der Waals surface area contributed by atoms with Gasteiger partial charge in [-0.3, -0.25) is 5.43 Å². The smallest absolute Gasteiger partial charge is 0.184 e. The predicted octanol–water partition coefficient (Wildman–Crippen LogP) is 2.25. The normalized spacial score (nSPS) is 11.1. The minimum Gasteiger partial charge on any atom is -0.375 e. The number of rotatable bonds is 4. The molecule has 0 aliphatic heterocycles. The van der Waals surface area contributed by atoms with Gasteiger partial charge >= 0.3 is 0 Å². The number of hydrogen-bond donors (Lipinski definition) is 2. The highest BCUT2D eigenvalue weighted by molar-refractivity contribution is 7.80. The standard InChI is InChI=1S/C16H15N5S/c17-16(22)20-18-10-15-19-13-8-4-5-9-14(13)21(15)11-12-6-2-1-3-7-12/h1-10H,11H2,(H3,17,20,22)/b18-10+. The number of aromatic nitrogens is 2. The van der Waals surface area contributed by atoms with Crippen LogP contribution in [0.15, 0.2) is 59.7 Å². The highest BCUT2D eigenvalue weighted by atomic mass is 32.1. The number of fused-ring (bicyclic) bond motifs is 1. The van der Waals surface area contributed by atoms with Crippen molar-refractivity contribution in [2.24, 2.45) is 10.8 Å². The molecule has 3 rings (SSSR count). The van der Waals surface area contributed by atoms with Gasteiger partial charge in [-0.1, -0.05) is 42.5 Å². The maximum Gasteiger partial charge on any atom is 0.184 e. The minimum atomic E-state index is 0.127. The Kier molecular flexibility index (Phi) is 4.11. The Morgan fingerprint density at radius 3 is 2.68 bits per heavy atom. The fourth-order valence-corrected chi connectivity index (χ4v) is 2.33. The summed E-state index contributed by atoms with van der Waals surface area (Å²) >= 11 is 4.74. The Morgan fingerprint density at radius 2 is 1.91 bits per heavy atom. The van der Waals surface area contributed by atoms with Crippen molar-refractivity contribution in [1.82, 2.24) is 15.0 Å². The van der Waals surface area contributed by atoms with Crippen LogP contribution in [0.5, 0.6) is 0 Å². The fraction of sp³-hybridized carbons (Fsp3) is 0.0625. The van der Waals surface area contributed by atoms with E-state index in [-0.39, 0.29) is 5.11 Å². The van der Waals surface area contributed by atoms with E-state index in [0.717, 1.165) is 23.4 Å². The minimum absolute atomic E-state index is 0.127. The molecule has 3 N–H and O–H groups in total. The lowest BCUT2D eigenvalue weighted by molar-refractivity contribution is 0.815. The number of thiocarbonyl (C=S) groups is 1. The van der Waals surface area contributed by atoms with E-state index in [0.29, 0.717) is 0 Å². The molecule has 0 bridgehead atoms. The Bertz CT molecular complexity index is 823. The molecule has 0 aliphatic carbocycles. The molecule has 22 heavy (non-hydrogen) atoms. The first-order chi connectivity index (χ1) is 10.7. The maximum absolute atomic E-state index is 5.37. The van der Waals surface area contributed by atoms with Gasteiger partial charge in [0.25, 0.3) is 0 Å². The third kappa shape index (κ3) is 3.12. The quantitative estimate of drug-likeness (QED) is 0.441. The second kappa shape index (κ2) is 6.36. The second-order valence-electron chi connectivity index (χ2n) is 4.76. The first-order valence-corrected chi connectivity index (χ1v) is 7.22. The van der Waals surface area contributed by atoms with E-state index in [1.54, 1.807) is 6.21 Å². The zero-order valence-electron chi connectivity index (χ0n) is 11.8. The van der Waals surface area contributed by atoms with Crippen molar-refractivity contribution in [1.29, 1.82) is 0 Å². The van der Waals surface area contributed by atoms with Gasteiger partial charge in [-0.25, -0.2) is 4.98 Å². The third-order valence-electron chi connectivity index (χ3n) is 3.22. The molecule has 5 nitrogen and oxygen atoms in total. The highest BCUT2D eigenvalue weighted by Gasteiger charge is 2.09. The highest BCUT2D eigenvalue weighted by Crippen LogP contribution is 2.17. The molecule has 0 unspecified atom stereocenters. The average Bonchev–Trinajstić information content (AvgIpc) is 2.86. The summed E-state index contributed by atoms with van der Waals surface area (Å²) in [5.41, 5.74) is 11.1. The van der Waals surface area contributed by atoms with Crippen molar-refractivity contribution >= 4 is 34.6 Å². The number of nitrogens with two attached hydrogens (primary N) is 1. The number of nitrogens with one attached hydrogen (secondary N) is 1. The van der Waals surface area contributed by atoms with Crippen LogP contribution in [-0.4, -0.2) is 20.9 Å². The van der Waals surface area contributed by atoms with E-state index in [2.05, 4.69) is 32.2 Å². The number of nitrogens with zero attached hydrogens (tertiary/aromatic N) is 3. The van der Waals surface area contributed by atoms with Gasteiger partial charge in [0.2, 0.25) is 0 Å². The summed E-state index contributed by atoms with van der Waals surface area (Å²) < 4.78 is 2.11. The van der Waals surface area contributed by atoms with E-state index in [1.807, 2.05) is 42.5 Å². The van der Waals surface area contributed by atoms with Crippen molar-refractivity contribution in [3.8, 4) is 0 Å². The molecule has 0 spiro atoms. The summed E-state index contributed by atoms with van der Waals surface area (Å²) in [5.74, 6) is 0.744. The van der Waals surface area contributed by atoms with Crippen molar-refractivity contribution in [3.05, 3.63) is 66.0 Å². The number of imidazole rings is 1. The van der Waals surface area contributed by atoms with Crippen LogP contribution in [0.2, 0.25) is 0 Å². The van der Waals surface area contributed by atoms with Crippen LogP contribution in [0.25, 0.3) is 11.0 Å². The van der Waals surface area contributed by atoms with E-state index in [1.165, 1.54) is 5.56 Å². The number of hydrogen-bond acceptors (Lipinski definition) is 3. The largest absolute Gasteiger partial charge is 0.375 e. The SMILES string of the molecule is NC(=S)N/N=C/c1nc2ccccc2n1Cc1ccccc1. The molecule has 0 atom stereocenters. The first kappa shape index (κ1) is 14.2. The van der Waals surface area contributed by atoms with E-state index in [4.69, 9.17) is 18.0 Å². The molecule has 2 aromatic carbocycles. The summed E-state index contributed by atoms with van der Waals surface area (Å²) in [7, 11) is 0. The van der Waals surface area contributed by atoms with E-state index < -0.39 is 0 Å². The molecule has 0 saturated carbocycles. The van der Waals surface area contributed by atoms with Crippen LogP contribution < -0.4 is 11.2 Å². The topological polar surface area (TPSA) is 68.2 Å². The van der Waals surface area contributed by atoms with Crippen molar-refractivity contribution in [3.63, 3.8) is 0 Å². The fourth-order valence-electron chi connectivity index (χ4n) is 2.28. The van der Waals surface area contributed by atoms with Gasteiger partial charge in [0.1, 0.15) is 0 Å². The summed E-state index contributed by atoms with van der Waals surface area (Å²) in [5, 5.41) is 4.14. The summed E-state index contributed by atoms with van der Waals surface area (Å²) in [6, 6.07) is 18.2. The number of hydrazone groups is 1. The summed E-state index contributed by atoms with van der Waals surface area (Å²) in [4.78, 5) is 4.60. The molecule has 0 radical (unpaired) electrons. The molecule has 0 fully saturated rings. The van der Waals surface area contributed by atoms with Crippen molar-refractivity contribution in [2.45, 2.75) is 6.54 Å². The van der Waals surface area contributed by atoms with Crippen LogP contribution in [-0.2, 0) is 6.54 Å². The van der Waals surface area contributed by atoms with Crippen LogP contribution in [0.4, 0.5) is 0 Å².